The van der Waals surface area contributed by atoms with Crippen LogP contribution in [0.3, 0.4) is 0 Å². The largest absolute Gasteiger partial charge is 0.370 e. The lowest BCUT2D eigenvalue weighted by atomic mass is 10.1. The fraction of sp³-hybridized carbons (Fsp3) is 0.611. The van der Waals surface area contributed by atoms with Gasteiger partial charge in [-0.3, -0.25) is 4.99 Å². The Bertz CT molecular complexity index is 551. The fourth-order valence-corrected chi connectivity index (χ4v) is 3.35. The van der Waals surface area contributed by atoms with E-state index in [1.165, 1.54) is 31.2 Å². The van der Waals surface area contributed by atoms with Gasteiger partial charge < -0.3 is 20.5 Å². The van der Waals surface area contributed by atoms with Crippen LogP contribution in [0.2, 0.25) is 0 Å². The van der Waals surface area contributed by atoms with Crippen LogP contribution in [0.25, 0.3) is 0 Å². The van der Waals surface area contributed by atoms with E-state index in [1.807, 2.05) is 18.2 Å². The van der Waals surface area contributed by atoms with Crippen LogP contribution in [0.15, 0.2) is 29.3 Å². The summed E-state index contributed by atoms with van der Waals surface area (Å²) in [4.78, 5) is 4.41. The van der Waals surface area contributed by atoms with Gasteiger partial charge in [0.1, 0.15) is 6.10 Å². The first-order chi connectivity index (χ1) is 11.2. The number of hydrogen-bond donors (Lipinski definition) is 2. The molecule has 1 saturated heterocycles. The molecule has 5 nitrogen and oxygen atoms in total. The number of aryl methyl sites for hydroxylation is 1. The molecule has 3 rings (SSSR count). The average Bonchev–Trinajstić information content (AvgIpc) is 2.77. The predicted molar refractivity (Wildman–Crippen MR) is 92.5 cm³/mol. The Kier molecular flexibility index (Phi) is 5.18. The van der Waals surface area contributed by atoms with E-state index in [0.717, 1.165) is 18.5 Å². The van der Waals surface area contributed by atoms with Gasteiger partial charge in [-0.2, -0.15) is 0 Å². The maximum atomic E-state index is 6.18. The Morgan fingerprint density at radius 1 is 1.30 bits per heavy atom. The van der Waals surface area contributed by atoms with Gasteiger partial charge in [-0.05, 0) is 37.5 Å². The number of guanidine groups is 1. The van der Waals surface area contributed by atoms with Crippen molar-refractivity contribution in [3.8, 4) is 0 Å². The topological polar surface area (TPSA) is 68.9 Å². The van der Waals surface area contributed by atoms with E-state index >= 15 is 0 Å². The van der Waals surface area contributed by atoms with Crippen molar-refractivity contribution in [2.24, 2.45) is 10.7 Å². The molecule has 0 amide bonds. The molecule has 0 aromatic heterocycles. The molecular formula is C18H27N3O2. The summed E-state index contributed by atoms with van der Waals surface area (Å²) in [6.07, 6.45) is 6.95. The second-order valence-corrected chi connectivity index (χ2v) is 6.60. The quantitative estimate of drug-likeness (QED) is 0.663. The minimum atomic E-state index is -0.352. The Hall–Kier alpha value is -1.59. The molecule has 1 aromatic rings. The average molecular weight is 317 g/mol. The molecule has 0 radical (unpaired) electrons. The van der Waals surface area contributed by atoms with Gasteiger partial charge in [-0.15, -0.1) is 0 Å². The third-order valence-electron chi connectivity index (χ3n) is 4.53. The monoisotopic (exact) mass is 317 g/mol. The molecule has 1 heterocycles. The molecular weight excluding hydrogens is 290 g/mol. The van der Waals surface area contributed by atoms with Crippen LogP contribution in [0.4, 0.5) is 5.69 Å². The second-order valence-electron chi connectivity index (χ2n) is 6.60. The molecule has 1 aromatic carbocycles. The number of benzene rings is 1. The summed E-state index contributed by atoms with van der Waals surface area (Å²) in [6, 6.07) is 8.06. The zero-order valence-corrected chi connectivity index (χ0v) is 13.9. The molecule has 2 fully saturated rings. The zero-order chi connectivity index (χ0) is 16.1. The molecule has 1 aliphatic heterocycles. The summed E-state index contributed by atoms with van der Waals surface area (Å²) in [6.45, 7) is 3.20. The highest BCUT2D eigenvalue weighted by Gasteiger charge is 2.41. The standard InChI is InChI=1S/C18H27N3O2/c1-14-7-6-8-15(11-14)21-17(19)20-12-16-13-22-18(23-16)9-4-2-3-5-10-18/h6-8,11,16H,2-5,9-10,12-13H2,1H3,(H3,19,20,21). The summed E-state index contributed by atoms with van der Waals surface area (Å²) < 4.78 is 12.2. The number of nitrogens with zero attached hydrogens (tertiary/aromatic N) is 1. The number of anilines is 1. The number of ether oxygens (including phenoxy) is 2. The first-order valence-corrected chi connectivity index (χ1v) is 8.61. The minimum Gasteiger partial charge on any atom is -0.370 e. The molecule has 5 heteroatoms. The van der Waals surface area contributed by atoms with E-state index in [9.17, 15) is 0 Å². The van der Waals surface area contributed by atoms with Crippen LogP contribution in [0.5, 0.6) is 0 Å². The normalized spacial score (nSPS) is 24.6. The fourth-order valence-electron chi connectivity index (χ4n) is 3.35. The summed E-state index contributed by atoms with van der Waals surface area (Å²) in [5, 5.41) is 3.12. The van der Waals surface area contributed by atoms with Crippen molar-refractivity contribution in [3.05, 3.63) is 29.8 Å². The van der Waals surface area contributed by atoms with Crippen LogP contribution in [-0.4, -0.2) is 31.0 Å². The van der Waals surface area contributed by atoms with Gasteiger partial charge in [0.15, 0.2) is 11.7 Å². The Morgan fingerprint density at radius 3 is 2.83 bits per heavy atom. The van der Waals surface area contributed by atoms with E-state index in [2.05, 4.69) is 23.3 Å². The third kappa shape index (κ3) is 4.45. The first kappa shape index (κ1) is 16.3. The highest BCUT2D eigenvalue weighted by atomic mass is 16.7. The van der Waals surface area contributed by atoms with Crippen molar-refractivity contribution in [2.75, 3.05) is 18.5 Å². The number of aliphatic imine (C=N–C) groups is 1. The molecule has 1 spiro atoms. The Morgan fingerprint density at radius 2 is 2.09 bits per heavy atom. The van der Waals surface area contributed by atoms with Gasteiger partial charge in [0.2, 0.25) is 0 Å². The lowest BCUT2D eigenvalue weighted by molar-refractivity contribution is -0.174. The summed E-state index contributed by atoms with van der Waals surface area (Å²) in [5.41, 5.74) is 8.11. The van der Waals surface area contributed by atoms with Gasteiger partial charge >= 0.3 is 0 Å². The van der Waals surface area contributed by atoms with E-state index < -0.39 is 0 Å². The van der Waals surface area contributed by atoms with Crippen molar-refractivity contribution in [3.63, 3.8) is 0 Å². The Labute approximate surface area is 138 Å². The second kappa shape index (κ2) is 7.32. The molecule has 1 atom stereocenters. The number of hydrogen-bond acceptors (Lipinski definition) is 3. The van der Waals surface area contributed by atoms with Gasteiger partial charge in [-0.25, -0.2) is 0 Å². The number of nitrogens with two attached hydrogens (primary N) is 1. The lowest BCUT2D eigenvalue weighted by Crippen LogP contribution is -2.31. The lowest BCUT2D eigenvalue weighted by Gasteiger charge is -2.26. The van der Waals surface area contributed by atoms with Gasteiger partial charge in [0.25, 0.3) is 0 Å². The van der Waals surface area contributed by atoms with Gasteiger partial charge in [0, 0.05) is 18.5 Å². The number of rotatable bonds is 3. The molecule has 0 bridgehead atoms. The highest BCUT2D eigenvalue weighted by molar-refractivity contribution is 5.92. The predicted octanol–water partition coefficient (Wildman–Crippen LogP) is 3.19. The third-order valence-corrected chi connectivity index (χ3v) is 4.53. The van der Waals surface area contributed by atoms with Gasteiger partial charge in [-0.1, -0.05) is 25.0 Å². The van der Waals surface area contributed by atoms with Crippen molar-refractivity contribution < 1.29 is 9.47 Å². The molecule has 23 heavy (non-hydrogen) atoms. The molecule has 1 unspecified atom stereocenters. The van der Waals surface area contributed by atoms with Crippen LogP contribution in [-0.2, 0) is 9.47 Å². The van der Waals surface area contributed by atoms with Gasteiger partial charge in [0.05, 0.1) is 13.2 Å². The summed E-state index contributed by atoms with van der Waals surface area (Å²) >= 11 is 0. The Balaban J connectivity index is 1.51. The van der Waals surface area contributed by atoms with Crippen LogP contribution < -0.4 is 11.1 Å². The zero-order valence-electron chi connectivity index (χ0n) is 13.9. The van der Waals surface area contributed by atoms with Crippen molar-refractivity contribution in [1.29, 1.82) is 0 Å². The van der Waals surface area contributed by atoms with Crippen LogP contribution >= 0.6 is 0 Å². The molecule has 3 N–H and O–H groups in total. The molecule has 1 aliphatic carbocycles. The maximum Gasteiger partial charge on any atom is 0.193 e. The molecule has 126 valence electrons. The SMILES string of the molecule is Cc1cccc(NC(N)=NCC2COC3(CCCCCC3)O2)c1. The molecule has 1 saturated carbocycles. The van der Waals surface area contributed by atoms with E-state index in [-0.39, 0.29) is 11.9 Å². The maximum absolute atomic E-state index is 6.18. The summed E-state index contributed by atoms with van der Waals surface area (Å²) in [5.74, 6) is 0.0658. The van der Waals surface area contributed by atoms with Crippen LogP contribution in [0, 0.1) is 6.92 Å². The highest BCUT2D eigenvalue weighted by Crippen LogP contribution is 2.36. The van der Waals surface area contributed by atoms with Crippen molar-refractivity contribution >= 4 is 11.6 Å². The smallest absolute Gasteiger partial charge is 0.193 e. The first-order valence-electron chi connectivity index (χ1n) is 8.61. The van der Waals surface area contributed by atoms with E-state index in [4.69, 9.17) is 15.2 Å². The molecule has 2 aliphatic rings. The number of nitrogens with one attached hydrogen (secondary N) is 1. The minimum absolute atomic E-state index is 0.00552. The van der Waals surface area contributed by atoms with Crippen LogP contribution in [0.1, 0.15) is 44.1 Å². The summed E-state index contributed by atoms with van der Waals surface area (Å²) in [7, 11) is 0. The van der Waals surface area contributed by atoms with E-state index in [0.29, 0.717) is 19.1 Å². The van der Waals surface area contributed by atoms with E-state index in [1.54, 1.807) is 0 Å². The van der Waals surface area contributed by atoms with Crippen molar-refractivity contribution in [2.45, 2.75) is 57.3 Å². The van der Waals surface area contributed by atoms with Crippen molar-refractivity contribution in [1.82, 2.24) is 0 Å².